The fourth-order valence-electron chi connectivity index (χ4n) is 5.15. The molecular weight excluding hydrogens is 502 g/mol. The molecule has 39 heavy (non-hydrogen) atoms. The van der Waals surface area contributed by atoms with E-state index in [1.54, 1.807) is 31.5 Å². The molecule has 13 heteroatoms. The third-order valence-electron chi connectivity index (χ3n) is 7.43. The maximum Gasteiger partial charge on any atom is 0.332 e. The first kappa shape index (κ1) is 24.6. The number of Topliss-reactive ketones (excluding diaryl/α,β-unsaturated/α-hetero) is 1. The van der Waals surface area contributed by atoms with Gasteiger partial charge in [0.2, 0.25) is 11.9 Å². The zero-order valence-electron chi connectivity index (χ0n) is 21.7. The molecule has 4 aromatic heterocycles. The fraction of sp³-hybridized carbons (Fsp3) is 0.385. The van der Waals surface area contributed by atoms with E-state index in [1.807, 2.05) is 6.07 Å². The summed E-state index contributed by atoms with van der Waals surface area (Å²) >= 11 is 0. The van der Waals surface area contributed by atoms with Crippen LogP contribution in [0, 0.1) is 11.8 Å². The highest BCUT2D eigenvalue weighted by molar-refractivity contribution is 5.93. The van der Waals surface area contributed by atoms with E-state index in [0.29, 0.717) is 11.5 Å². The number of fused-ring (bicyclic) bond motifs is 2. The van der Waals surface area contributed by atoms with E-state index in [2.05, 4.69) is 30.2 Å². The molecule has 0 aromatic carbocycles. The summed E-state index contributed by atoms with van der Waals surface area (Å²) in [7, 11) is 1.46. The summed E-state index contributed by atoms with van der Waals surface area (Å²) in [5.41, 5.74) is 0.163. The van der Waals surface area contributed by atoms with E-state index >= 15 is 0 Å². The second-order valence-corrected chi connectivity index (χ2v) is 10.3. The minimum absolute atomic E-state index is 0.0512. The van der Waals surface area contributed by atoms with Gasteiger partial charge in [0, 0.05) is 38.1 Å². The number of anilines is 2. The van der Waals surface area contributed by atoms with Crippen molar-refractivity contribution in [2.24, 2.45) is 18.9 Å². The first-order chi connectivity index (χ1) is 18.7. The molecule has 13 nitrogen and oxygen atoms in total. The Morgan fingerprint density at radius 2 is 1.82 bits per heavy atom. The third kappa shape index (κ3) is 4.39. The first-order valence-corrected chi connectivity index (χ1v) is 12.7. The average Bonchev–Trinajstić information content (AvgIpc) is 3.31. The average molecular weight is 530 g/mol. The zero-order chi connectivity index (χ0) is 27.4. The Kier molecular flexibility index (Phi) is 5.85. The molecule has 3 unspecified atom stereocenters. The maximum absolute atomic E-state index is 13.2. The van der Waals surface area contributed by atoms with Gasteiger partial charge in [0.15, 0.2) is 11.2 Å². The number of aromatic nitrogens is 7. The van der Waals surface area contributed by atoms with Crippen LogP contribution < -0.4 is 21.5 Å². The third-order valence-corrected chi connectivity index (χ3v) is 7.43. The van der Waals surface area contributed by atoms with Crippen molar-refractivity contribution in [3.05, 3.63) is 57.8 Å². The van der Waals surface area contributed by atoms with Gasteiger partial charge in [-0.15, -0.1) is 0 Å². The Bertz CT molecular complexity index is 1730. The number of aryl methyl sites for hydroxylation is 1. The van der Waals surface area contributed by atoms with Crippen LogP contribution in [0.1, 0.15) is 26.3 Å². The van der Waals surface area contributed by atoms with Crippen molar-refractivity contribution in [3.63, 3.8) is 0 Å². The number of pyridine rings is 1. The smallest absolute Gasteiger partial charge is 0.332 e. The number of nitrogens with one attached hydrogen (secondary N) is 1. The zero-order valence-corrected chi connectivity index (χ0v) is 21.7. The van der Waals surface area contributed by atoms with Gasteiger partial charge in [-0.05, 0) is 44.2 Å². The molecule has 0 bridgehead atoms. The Morgan fingerprint density at radius 3 is 2.51 bits per heavy atom. The summed E-state index contributed by atoms with van der Waals surface area (Å²) in [6.07, 6.45) is 6.11. The molecule has 1 aliphatic carbocycles. The number of imidazole rings is 1. The lowest BCUT2D eigenvalue weighted by Crippen LogP contribution is -2.41. The highest BCUT2D eigenvalue weighted by atomic mass is 16.2. The van der Waals surface area contributed by atoms with Crippen LogP contribution in [0.3, 0.4) is 0 Å². The molecule has 0 spiro atoms. The van der Waals surface area contributed by atoms with Crippen LogP contribution in [0.25, 0.3) is 22.4 Å². The van der Waals surface area contributed by atoms with Crippen LogP contribution >= 0.6 is 0 Å². The topological polar surface area (TPSA) is 150 Å². The number of nitrogens with zero attached hydrogens (tertiary/aromatic N) is 8. The van der Waals surface area contributed by atoms with Gasteiger partial charge < -0.3 is 14.8 Å². The van der Waals surface area contributed by atoms with Gasteiger partial charge in [0.1, 0.15) is 17.6 Å². The van der Waals surface area contributed by atoms with Crippen molar-refractivity contribution in [1.82, 2.24) is 33.6 Å². The second-order valence-electron chi connectivity index (χ2n) is 10.3. The number of amides is 1. The Labute approximate surface area is 222 Å². The molecule has 200 valence electrons. The van der Waals surface area contributed by atoms with Crippen LogP contribution in [-0.4, -0.2) is 58.4 Å². The number of carbonyl (C=O) groups is 2. The number of hydrogen-bond donors (Lipinski definition) is 1. The molecule has 3 atom stereocenters. The Hall–Kier alpha value is -4.68. The predicted octanol–water partition coefficient (Wildman–Crippen LogP) is 0.993. The molecule has 6 rings (SSSR count). The van der Waals surface area contributed by atoms with E-state index in [1.165, 1.54) is 35.9 Å². The van der Waals surface area contributed by atoms with Crippen molar-refractivity contribution >= 4 is 34.6 Å². The van der Waals surface area contributed by atoms with Gasteiger partial charge in [-0.2, -0.15) is 0 Å². The van der Waals surface area contributed by atoms with E-state index in [-0.39, 0.29) is 23.5 Å². The van der Waals surface area contributed by atoms with Gasteiger partial charge in [0.05, 0.1) is 18.6 Å². The summed E-state index contributed by atoms with van der Waals surface area (Å²) in [5, 5.41) is 2.78. The van der Waals surface area contributed by atoms with E-state index < -0.39 is 23.2 Å². The molecule has 1 amide bonds. The van der Waals surface area contributed by atoms with Gasteiger partial charge in [-0.1, -0.05) is 6.07 Å². The monoisotopic (exact) mass is 529 g/mol. The largest absolute Gasteiger partial charge is 0.340 e. The normalized spacial score (nSPS) is 18.7. The summed E-state index contributed by atoms with van der Waals surface area (Å²) in [6.45, 7) is 4.55. The Balaban J connectivity index is 1.23. The highest BCUT2D eigenvalue weighted by Gasteiger charge is 2.45. The van der Waals surface area contributed by atoms with Crippen LogP contribution in [0.2, 0.25) is 0 Å². The number of piperidine rings is 1. The summed E-state index contributed by atoms with van der Waals surface area (Å²) < 4.78 is 3.42. The van der Waals surface area contributed by atoms with Crippen molar-refractivity contribution in [1.29, 1.82) is 0 Å². The molecular formula is C26H27N9O4. The molecule has 2 fully saturated rings. The number of rotatable bonds is 7. The number of ketones is 1. The van der Waals surface area contributed by atoms with E-state index in [9.17, 15) is 19.2 Å². The summed E-state index contributed by atoms with van der Waals surface area (Å²) in [5.74, 6) is 1.82. The first-order valence-electron chi connectivity index (χ1n) is 12.7. The molecule has 2 aliphatic rings. The van der Waals surface area contributed by atoms with E-state index in [0.717, 1.165) is 41.0 Å². The van der Waals surface area contributed by atoms with Crippen LogP contribution in [0.4, 0.5) is 11.8 Å². The minimum atomic E-state index is -0.870. The van der Waals surface area contributed by atoms with Crippen molar-refractivity contribution in [2.75, 3.05) is 23.3 Å². The van der Waals surface area contributed by atoms with Crippen molar-refractivity contribution in [2.45, 2.75) is 32.9 Å². The molecule has 0 radical (unpaired) electrons. The van der Waals surface area contributed by atoms with Crippen molar-refractivity contribution in [3.8, 4) is 11.3 Å². The van der Waals surface area contributed by atoms with Crippen molar-refractivity contribution < 1.29 is 9.59 Å². The lowest BCUT2D eigenvalue weighted by Gasteiger charge is -2.17. The quantitative estimate of drug-likeness (QED) is 0.370. The van der Waals surface area contributed by atoms with Gasteiger partial charge >= 0.3 is 5.69 Å². The summed E-state index contributed by atoms with van der Waals surface area (Å²) in [4.78, 5) is 70.5. The molecule has 1 saturated heterocycles. The lowest BCUT2D eigenvalue weighted by molar-refractivity contribution is -0.119. The van der Waals surface area contributed by atoms with Gasteiger partial charge in [-0.25, -0.2) is 24.7 Å². The van der Waals surface area contributed by atoms with Gasteiger partial charge in [0.25, 0.3) is 5.56 Å². The number of hydrogen-bond acceptors (Lipinski definition) is 9. The minimum Gasteiger partial charge on any atom is -0.340 e. The molecule has 4 aromatic rings. The van der Waals surface area contributed by atoms with E-state index in [4.69, 9.17) is 0 Å². The maximum atomic E-state index is 13.2. The highest BCUT2D eigenvalue weighted by Crippen LogP contribution is 2.45. The number of carbonyl (C=O) groups excluding carboxylic acids is 2. The van der Waals surface area contributed by atoms with Gasteiger partial charge in [-0.3, -0.25) is 23.5 Å². The Morgan fingerprint density at radius 1 is 1.10 bits per heavy atom. The van der Waals surface area contributed by atoms with Crippen LogP contribution in [0.15, 0.2) is 46.5 Å². The predicted molar refractivity (Wildman–Crippen MR) is 142 cm³/mol. The fourth-order valence-corrected chi connectivity index (χ4v) is 5.15. The lowest BCUT2D eigenvalue weighted by atomic mass is 10.2. The standard InChI is InChI=1S/C26H27N9O4/c1-14(36)10-34-24(38)21-22(32(3)26(34)39)29-13-35(21)15(2)23(37)31-20-6-4-5-19(30-20)18-8-27-25(28-9-18)33-11-16-7-17(16)12-33/h4-6,8-9,13,15-17H,7,10-12H2,1-3H3,(H,30,31,37). The molecule has 1 N–H and O–H groups in total. The SMILES string of the molecule is CC(=O)Cn1c(=O)c2c(ncn2C(C)C(=O)Nc2cccc(-c3cnc(N4CC5CC5C4)nc3)n2)n(C)c1=O. The molecule has 1 aliphatic heterocycles. The van der Waals surface area contributed by atoms with Crippen LogP contribution in [-0.2, 0) is 23.2 Å². The molecule has 5 heterocycles. The van der Waals surface area contributed by atoms with Crippen LogP contribution in [0.5, 0.6) is 0 Å². The second kappa shape index (κ2) is 9.26. The summed E-state index contributed by atoms with van der Waals surface area (Å²) in [6, 6.07) is 4.37. The molecule has 1 saturated carbocycles.